The molecule has 0 radical (unpaired) electrons. The van der Waals surface area contributed by atoms with Crippen LogP contribution in [-0.2, 0) is 5.75 Å². The third-order valence-electron chi connectivity index (χ3n) is 1.66. The van der Waals surface area contributed by atoms with Crippen LogP contribution in [-0.4, -0.2) is 28.7 Å². The topological polar surface area (TPSA) is 40.5 Å². The summed E-state index contributed by atoms with van der Waals surface area (Å²) >= 11 is 0. The lowest BCUT2D eigenvalue weighted by Crippen LogP contribution is -2.13. The van der Waals surface area contributed by atoms with Gasteiger partial charge in [0.05, 0.1) is 12.7 Å². The molecule has 0 amide bonds. The van der Waals surface area contributed by atoms with E-state index in [4.69, 9.17) is 10.2 Å². The van der Waals surface area contributed by atoms with Crippen LogP contribution in [0, 0.1) is 0 Å². The molecule has 0 aromatic heterocycles. The maximum atomic E-state index is 9.09. The Morgan fingerprint density at radius 3 is 2.44 bits per heavy atom. The molecule has 90 valence electrons. The summed E-state index contributed by atoms with van der Waals surface area (Å²) in [5.41, 5.74) is 1.32. The Kier molecular flexibility index (Phi) is 8.72. The minimum absolute atomic E-state index is 0.157. The summed E-state index contributed by atoms with van der Waals surface area (Å²) in [6.07, 6.45) is -0.600. The molecular weight excluding hydrogens is 280 g/mol. The van der Waals surface area contributed by atoms with Crippen molar-refractivity contribution in [3.63, 3.8) is 0 Å². The molecule has 16 heavy (non-hydrogen) atoms. The average molecular weight is 294 g/mol. The zero-order valence-electron chi connectivity index (χ0n) is 8.61. The van der Waals surface area contributed by atoms with E-state index in [0.717, 1.165) is 5.75 Å². The van der Waals surface area contributed by atoms with Crippen LogP contribution in [0.3, 0.4) is 0 Å². The highest BCUT2D eigenvalue weighted by atomic mass is 33.7. The van der Waals surface area contributed by atoms with E-state index in [9.17, 15) is 0 Å². The van der Waals surface area contributed by atoms with Gasteiger partial charge in [-0.3, -0.25) is 0 Å². The Morgan fingerprint density at radius 2 is 1.75 bits per heavy atom. The Balaban J connectivity index is 1.96. The molecule has 0 aliphatic heterocycles. The summed E-state index contributed by atoms with van der Waals surface area (Å²) in [6, 6.07) is 10.3. The van der Waals surface area contributed by atoms with E-state index in [1.54, 1.807) is 41.2 Å². The summed E-state index contributed by atoms with van der Waals surface area (Å²) in [4.78, 5) is 0. The Bertz CT molecular complexity index is 271. The predicted molar refractivity (Wildman–Crippen MR) is 78.5 cm³/mol. The van der Waals surface area contributed by atoms with Crippen molar-refractivity contribution in [2.75, 3.05) is 12.4 Å². The first-order valence-corrected chi connectivity index (χ1v) is 9.89. The fourth-order valence-electron chi connectivity index (χ4n) is 0.865. The molecule has 0 heterocycles. The SMILES string of the molecule is OCC(O)CSSSSCc1ccccc1. The van der Waals surface area contributed by atoms with Gasteiger partial charge in [-0.1, -0.05) is 51.9 Å². The van der Waals surface area contributed by atoms with E-state index >= 15 is 0 Å². The highest BCUT2D eigenvalue weighted by Crippen LogP contribution is 2.44. The standard InChI is InChI=1S/C10H14O2S4/c11-6-10(12)8-14-16-15-13-7-9-4-2-1-3-5-9/h1-5,10-12H,6-8H2. The molecule has 2 N–H and O–H groups in total. The maximum absolute atomic E-state index is 9.09. The largest absolute Gasteiger partial charge is 0.394 e. The molecule has 6 heteroatoms. The highest BCUT2D eigenvalue weighted by Gasteiger charge is 2.02. The number of benzene rings is 1. The van der Waals surface area contributed by atoms with Gasteiger partial charge in [0, 0.05) is 11.5 Å². The van der Waals surface area contributed by atoms with E-state index in [1.807, 2.05) is 18.2 Å². The lowest BCUT2D eigenvalue weighted by Gasteiger charge is -2.04. The lowest BCUT2D eigenvalue weighted by molar-refractivity contribution is 0.114. The molecule has 0 spiro atoms. The molecule has 1 rings (SSSR count). The predicted octanol–water partition coefficient (Wildman–Crippen LogP) is 3.22. The number of aliphatic hydroxyl groups excluding tert-OH is 2. The van der Waals surface area contributed by atoms with Gasteiger partial charge in [0.1, 0.15) is 0 Å². The van der Waals surface area contributed by atoms with Crippen molar-refractivity contribution < 1.29 is 10.2 Å². The first kappa shape index (κ1) is 14.6. The van der Waals surface area contributed by atoms with Crippen molar-refractivity contribution in [2.24, 2.45) is 0 Å². The van der Waals surface area contributed by atoms with E-state index in [0.29, 0.717) is 5.75 Å². The van der Waals surface area contributed by atoms with E-state index < -0.39 is 6.10 Å². The molecule has 0 fully saturated rings. The second-order valence-corrected chi connectivity index (χ2v) is 9.05. The lowest BCUT2D eigenvalue weighted by atomic mass is 10.2. The van der Waals surface area contributed by atoms with Crippen molar-refractivity contribution >= 4 is 41.2 Å². The van der Waals surface area contributed by atoms with Gasteiger partial charge in [-0.05, 0) is 25.2 Å². The highest BCUT2D eigenvalue weighted by molar-refractivity contribution is 9.26. The van der Waals surface area contributed by atoms with Crippen molar-refractivity contribution in [1.29, 1.82) is 0 Å². The normalized spacial score (nSPS) is 12.6. The quantitative estimate of drug-likeness (QED) is 0.567. The molecule has 1 unspecified atom stereocenters. The van der Waals surface area contributed by atoms with Gasteiger partial charge in [0.25, 0.3) is 0 Å². The second kappa shape index (κ2) is 9.56. The van der Waals surface area contributed by atoms with Crippen LogP contribution in [0.25, 0.3) is 0 Å². The van der Waals surface area contributed by atoms with E-state index in [2.05, 4.69) is 12.1 Å². The zero-order chi connectivity index (χ0) is 11.6. The van der Waals surface area contributed by atoms with Crippen LogP contribution in [0.5, 0.6) is 0 Å². The molecule has 1 atom stereocenters. The zero-order valence-corrected chi connectivity index (χ0v) is 11.9. The smallest absolute Gasteiger partial charge is 0.0869 e. The van der Waals surface area contributed by atoms with Gasteiger partial charge in [0.2, 0.25) is 0 Å². The fraction of sp³-hybridized carbons (Fsp3) is 0.400. The number of hydrogen-bond acceptors (Lipinski definition) is 6. The van der Waals surface area contributed by atoms with Crippen LogP contribution >= 0.6 is 41.2 Å². The molecule has 0 saturated carbocycles. The monoisotopic (exact) mass is 294 g/mol. The van der Waals surface area contributed by atoms with E-state index in [1.165, 1.54) is 5.56 Å². The first-order chi connectivity index (χ1) is 7.83. The van der Waals surface area contributed by atoms with Crippen LogP contribution in [0.4, 0.5) is 0 Å². The van der Waals surface area contributed by atoms with Crippen LogP contribution in [0.15, 0.2) is 30.3 Å². The molecule has 1 aromatic carbocycles. The average Bonchev–Trinajstić information content (AvgIpc) is 2.34. The summed E-state index contributed by atoms with van der Waals surface area (Å²) in [6.45, 7) is -0.157. The molecule has 1 aromatic rings. The Hall–Kier alpha value is 0.540. The summed E-state index contributed by atoms with van der Waals surface area (Å²) < 4.78 is 0. The fourth-order valence-corrected chi connectivity index (χ4v) is 6.83. The Labute approximate surface area is 111 Å². The summed E-state index contributed by atoms with van der Waals surface area (Å²) in [5.74, 6) is 1.56. The van der Waals surface area contributed by atoms with Crippen molar-refractivity contribution in [3.05, 3.63) is 35.9 Å². The molecule has 0 aliphatic carbocycles. The number of rotatable bonds is 8. The van der Waals surface area contributed by atoms with Gasteiger partial charge in [-0.25, -0.2) is 0 Å². The van der Waals surface area contributed by atoms with Crippen molar-refractivity contribution in [3.8, 4) is 0 Å². The van der Waals surface area contributed by atoms with Gasteiger partial charge < -0.3 is 10.2 Å². The van der Waals surface area contributed by atoms with Gasteiger partial charge in [-0.2, -0.15) is 0 Å². The Morgan fingerprint density at radius 1 is 1.06 bits per heavy atom. The minimum atomic E-state index is -0.600. The molecule has 2 nitrogen and oxygen atoms in total. The van der Waals surface area contributed by atoms with Gasteiger partial charge in [0.15, 0.2) is 0 Å². The van der Waals surface area contributed by atoms with Crippen LogP contribution < -0.4 is 0 Å². The second-order valence-electron chi connectivity index (χ2n) is 3.00. The summed E-state index contributed by atoms with van der Waals surface area (Å²) in [7, 11) is 6.70. The molecule has 0 bridgehead atoms. The third-order valence-corrected chi connectivity index (χ3v) is 8.12. The first-order valence-electron chi connectivity index (χ1n) is 4.73. The van der Waals surface area contributed by atoms with E-state index in [-0.39, 0.29) is 6.61 Å². The molecule has 0 saturated heterocycles. The minimum Gasteiger partial charge on any atom is -0.394 e. The maximum Gasteiger partial charge on any atom is 0.0869 e. The van der Waals surface area contributed by atoms with Crippen molar-refractivity contribution in [1.82, 2.24) is 0 Å². The molecular formula is C10H14O2S4. The molecule has 0 aliphatic rings. The number of aliphatic hydroxyl groups is 2. The van der Waals surface area contributed by atoms with Crippen LogP contribution in [0.2, 0.25) is 0 Å². The van der Waals surface area contributed by atoms with Gasteiger partial charge in [-0.15, -0.1) is 0 Å². The summed E-state index contributed by atoms with van der Waals surface area (Å²) in [5, 5.41) is 17.7. The number of hydrogen-bond donors (Lipinski definition) is 2. The van der Waals surface area contributed by atoms with Crippen molar-refractivity contribution in [2.45, 2.75) is 11.9 Å². The third kappa shape index (κ3) is 6.98. The van der Waals surface area contributed by atoms with Gasteiger partial charge >= 0.3 is 0 Å². The van der Waals surface area contributed by atoms with Crippen LogP contribution in [0.1, 0.15) is 5.56 Å².